The van der Waals surface area contributed by atoms with E-state index in [0.29, 0.717) is 56.9 Å². The van der Waals surface area contributed by atoms with Crippen LogP contribution < -0.4 is 14.2 Å². The van der Waals surface area contributed by atoms with Crippen LogP contribution in [0.1, 0.15) is 31.5 Å². The standard InChI is InChI=1S/C23H24FN5O4S/c1-13(2)21-25-19(33-28-21)12-34-23-27-26-22(29(23)16-9-7-6-8-15(16)24)14-10-17(30-3)20(32-5)18(11-14)31-4/h6-11,13H,12H2,1-5H3. The molecule has 4 aromatic rings. The van der Waals surface area contributed by atoms with Crippen LogP contribution in [0.4, 0.5) is 4.39 Å². The SMILES string of the molecule is COc1cc(-c2nnc(SCc3nc(C(C)C)no3)n2-c2ccccc2F)cc(OC)c1OC. The number of rotatable bonds is 9. The van der Waals surface area contributed by atoms with Gasteiger partial charge in [0.05, 0.1) is 32.8 Å². The zero-order chi connectivity index (χ0) is 24.2. The minimum atomic E-state index is -0.419. The van der Waals surface area contributed by atoms with Gasteiger partial charge in [0.25, 0.3) is 0 Å². The van der Waals surface area contributed by atoms with Crippen LogP contribution in [0.2, 0.25) is 0 Å². The first-order chi connectivity index (χ1) is 16.5. The number of nitrogens with zero attached hydrogens (tertiary/aromatic N) is 5. The van der Waals surface area contributed by atoms with Crippen molar-refractivity contribution in [2.24, 2.45) is 0 Å². The molecule has 0 aliphatic heterocycles. The summed E-state index contributed by atoms with van der Waals surface area (Å²) in [6, 6.07) is 9.90. The Hall–Kier alpha value is -3.60. The largest absolute Gasteiger partial charge is 0.493 e. The lowest BCUT2D eigenvalue weighted by molar-refractivity contribution is 0.324. The fraction of sp³-hybridized carbons (Fsp3) is 0.304. The Kier molecular flexibility index (Phi) is 7.01. The van der Waals surface area contributed by atoms with Crippen molar-refractivity contribution in [3.8, 4) is 34.3 Å². The number of aromatic nitrogens is 5. The van der Waals surface area contributed by atoms with Crippen molar-refractivity contribution < 1.29 is 23.1 Å². The van der Waals surface area contributed by atoms with Crippen LogP contribution in [-0.2, 0) is 5.75 Å². The van der Waals surface area contributed by atoms with E-state index in [9.17, 15) is 4.39 Å². The second-order valence-corrected chi connectivity index (χ2v) is 8.44. The van der Waals surface area contributed by atoms with Crippen molar-refractivity contribution in [3.63, 3.8) is 0 Å². The Morgan fingerprint density at radius 3 is 2.32 bits per heavy atom. The number of benzene rings is 2. The number of halogens is 1. The summed E-state index contributed by atoms with van der Waals surface area (Å²) in [5.41, 5.74) is 0.907. The van der Waals surface area contributed by atoms with Crippen LogP contribution in [-0.4, -0.2) is 46.2 Å². The van der Waals surface area contributed by atoms with Crippen LogP contribution in [0.25, 0.3) is 17.1 Å². The van der Waals surface area contributed by atoms with E-state index in [2.05, 4.69) is 20.3 Å². The smallest absolute Gasteiger partial charge is 0.237 e. The fourth-order valence-corrected chi connectivity index (χ4v) is 4.08. The molecule has 0 radical (unpaired) electrons. The zero-order valence-corrected chi connectivity index (χ0v) is 20.2. The van der Waals surface area contributed by atoms with Crippen molar-refractivity contribution in [1.29, 1.82) is 0 Å². The average Bonchev–Trinajstić information content (AvgIpc) is 3.49. The van der Waals surface area contributed by atoms with Gasteiger partial charge in [-0.25, -0.2) is 4.39 Å². The van der Waals surface area contributed by atoms with E-state index in [1.54, 1.807) is 34.9 Å². The number of thioether (sulfide) groups is 1. The lowest BCUT2D eigenvalue weighted by Crippen LogP contribution is -2.03. The molecule has 2 heterocycles. The molecule has 11 heteroatoms. The molecule has 0 fully saturated rings. The highest BCUT2D eigenvalue weighted by Crippen LogP contribution is 2.42. The highest BCUT2D eigenvalue weighted by molar-refractivity contribution is 7.98. The first kappa shape index (κ1) is 23.6. The molecule has 2 aromatic heterocycles. The van der Waals surface area contributed by atoms with Crippen LogP contribution in [0.5, 0.6) is 17.2 Å². The minimum Gasteiger partial charge on any atom is -0.493 e. The second kappa shape index (κ2) is 10.1. The molecule has 0 aliphatic rings. The van der Waals surface area contributed by atoms with Crippen molar-refractivity contribution in [2.75, 3.05) is 21.3 Å². The molecule has 2 aromatic carbocycles. The summed E-state index contributed by atoms with van der Waals surface area (Å²) in [5, 5.41) is 13.1. The van der Waals surface area contributed by atoms with Crippen molar-refractivity contribution >= 4 is 11.8 Å². The zero-order valence-electron chi connectivity index (χ0n) is 19.4. The number of ether oxygens (including phenoxy) is 3. The molecule has 0 unspecified atom stereocenters. The van der Waals surface area contributed by atoms with Gasteiger partial charge in [-0.05, 0) is 24.3 Å². The van der Waals surface area contributed by atoms with Gasteiger partial charge < -0.3 is 18.7 Å². The van der Waals surface area contributed by atoms with E-state index in [-0.39, 0.29) is 5.92 Å². The molecule has 4 rings (SSSR count). The van der Waals surface area contributed by atoms with Gasteiger partial charge in [-0.3, -0.25) is 4.57 Å². The predicted octanol–water partition coefficient (Wildman–Crippen LogP) is 4.90. The van der Waals surface area contributed by atoms with E-state index in [1.165, 1.54) is 39.2 Å². The number of hydrogen-bond donors (Lipinski definition) is 0. The highest BCUT2D eigenvalue weighted by Gasteiger charge is 2.23. The third kappa shape index (κ3) is 4.56. The van der Waals surface area contributed by atoms with Gasteiger partial charge in [0.2, 0.25) is 11.6 Å². The maximum absolute atomic E-state index is 14.9. The number of para-hydroxylation sites is 1. The fourth-order valence-electron chi connectivity index (χ4n) is 3.30. The quantitative estimate of drug-likeness (QED) is 0.307. The molecule has 9 nitrogen and oxygen atoms in total. The number of methoxy groups -OCH3 is 3. The van der Waals surface area contributed by atoms with Gasteiger partial charge in [0.15, 0.2) is 28.3 Å². The van der Waals surface area contributed by atoms with Crippen molar-refractivity contribution in [3.05, 3.63) is 53.9 Å². The molecule has 0 atom stereocenters. The minimum absolute atomic E-state index is 0.149. The van der Waals surface area contributed by atoms with E-state index < -0.39 is 5.82 Å². The van der Waals surface area contributed by atoms with Crippen LogP contribution in [0.15, 0.2) is 46.1 Å². The maximum Gasteiger partial charge on any atom is 0.237 e. The lowest BCUT2D eigenvalue weighted by Gasteiger charge is -2.15. The maximum atomic E-state index is 14.9. The molecule has 0 saturated carbocycles. The summed E-state index contributed by atoms with van der Waals surface area (Å²) >= 11 is 1.31. The predicted molar refractivity (Wildman–Crippen MR) is 124 cm³/mol. The third-order valence-corrected chi connectivity index (χ3v) is 5.89. The normalized spacial score (nSPS) is 11.1. The second-order valence-electron chi connectivity index (χ2n) is 7.50. The molecular formula is C23H24FN5O4S. The Morgan fingerprint density at radius 1 is 1.03 bits per heavy atom. The molecule has 0 spiro atoms. The summed E-state index contributed by atoms with van der Waals surface area (Å²) < 4.78 is 38.2. The molecule has 0 amide bonds. The molecule has 0 aliphatic carbocycles. The van der Waals surface area contributed by atoms with E-state index in [1.807, 2.05) is 13.8 Å². The summed E-state index contributed by atoms with van der Waals surface area (Å²) in [7, 11) is 4.58. The van der Waals surface area contributed by atoms with Crippen LogP contribution in [0, 0.1) is 5.82 Å². The molecular weight excluding hydrogens is 461 g/mol. The number of hydrogen-bond acceptors (Lipinski definition) is 9. The third-order valence-electron chi connectivity index (χ3n) is 4.97. The summed E-state index contributed by atoms with van der Waals surface area (Å²) in [4.78, 5) is 4.40. The van der Waals surface area contributed by atoms with Gasteiger partial charge in [0.1, 0.15) is 5.82 Å². The Morgan fingerprint density at radius 2 is 1.74 bits per heavy atom. The average molecular weight is 486 g/mol. The lowest BCUT2D eigenvalue weighted by atomic mass is 10.1. The Balaban J connectivity index is 1.80. The van der Waals surface area contributed by atoms with Crippen molar-refractivity contribution in [1.82, 2.24) is 24.9 Å². The summed E-state index contributed by atoms with van der Waals surface area (Å²) in [6.45, 7) is 3.97. The molecule has 0 saturated heterocycles. The van der Waals surface area contributed by atoms with E-state index in [0.717, 1.165) is 0 Å². The monoisotopic (exact) mass is 485 g/mol. The first-order valence-electron chi connectivity index (χ1n) is 10.4. The van der Waals surface area contributed by atoms with Crippen LogP contribution >= 0.6 is 11.8 Å². The molecule has 0 N–H and O–H groups in total. The summed E-state index contributed by atoms with van der Waals surface area (Å²) in [6.07, 6.45) is 0. The molecule has 34 heavy (non-hydrogen) atoms. The molecule has 178 valence electrons. The van der Waals surface area contributed by atoms with Crippen LogP contribution in [0.3, 0.4) is 0 Å². The van der Waals surface area contributed by atoms with Gasteiger partial charge in [-0.15, -0.1) is 10.2 Å². The highest BCUT2D eigenvalue weighted by atomic mass is 32.2. The Labute approximate surface area is 200 Å². The molecule has 0 bridgehead atoms. The summed E-state index contributed by atoms with van der Waals surface area (Å²) in [5.74, 6) is 2.89. The Bertz CT molecular complexity index is 1270. The van der Waals surface area contributed by atoms with Crippen molar-refractivity contribution in [2.45, 2.75) is 30.7 Å². The van der Waals surface area contributed by atoms with E-state index in [4.69, 9.17) is 18.7 Å². The topological polar surface area (TPSA) is 97.3 Å². The van der Waals surface area contributed by atoms with Gasteiger partial charge >= 0.3 is 0 Å². The van der Waals surface area contributed by atoms with Gasteiger partial charge in [0, 0.05) is 11.5 Å². The first-order valence-corrected chi connectivity index (χ1v) is 11.4. The van der Waals surface area contributed by atoms with E-state index >= 15 is 0 Å². The van der Waals surface area contributed by atoms with Gasteiger partial charge in [-0.1, -0.05) is 42.9 Å². The van der Waals surface area contributed by atoms with Gasteiger partial charge in [-0.2, -0.15) is 4.98 Å².